The fraction of sp³-hybridized carbons (Fsp3) is 0.455. The lowest BCUT2D eigenvalue weighted by atomic mass is 9.87. The van der Waals surface area contributed by atoms with E-state index in [1.54, 1.807) is 16.4 Å². The molecule has 0 amide bonds. The first-order chi connectivity index (χ1) is 14.1. The summed E-state index contributed by atoms with van der Waals surface area (Å²) in [4.78, 5) is 4.79. The number of sulfonamides is 1. The van der Waals surface area contributed by atoms with Gasteiger partial charge >= 0.3 is 0 Å². The highest BCUT2D eigenvalue weighted by atomic mass is 32.2. The van der Waals surface area contributed by atoms with E-state index in [9.17, 15) is 8.42 Å². The van der Waals surface area contributed by atoms with Gasteiger partial charge < -0.3 is 8.94 Å². The molecule has 30 heavy (non-hydrogen) atoms. The smallest absolute Gasteiger partial charge is 0.243 e. The summed E-state index contributed by atoms with van der Waals surface area (Å²) in [6, 6.07) is 10.9. The zero-order valence-corrected chi connectivity index (χ0v) is 18.6. The van der Waals surface area contributed by atoms with Gasteiger partial charge in [-0.2, -0.15) is 9.29 Å². The van der Waals surface area contributed by atoms with Gasteiger partial charge in [0.15, 0.2) is 5.76 Å². The van der Waals surface area contributed by atoms with E-state index < -0.39 is 10.0 Å². The van der Waals surface area contributed by atoms with E-state index in [0.29, 0.717) is 48.3 Å². The Morgan fingerprint density at radius 1 is 1.03 bits per heavy atom. The fourth-order valence-corrected chi connectivity index (χ4v) is 5.14. The normalized spacial score (nSPS) is 16.8. The Kier molecular flexibility index (Phi) is 5.32. The van der Waals surface area contributed by atoms with Gasteiger partial charge in [-0.05, 0) is 55.0 Å². The average molecular weight is 430 g/mol. The van der Waals surface area contributed by atoms with Gasteiger partial charge in [0.05, 0.1) is 4.90 Å². The molecule has 3 aromatic rings. The summed E-state index contributed by atoms with van der Waals surface area (Å²) < 4.78 is 38.6. The minimum absolute atomic E-state index is 0.0160. The van der Waals surface area contributed by atoms with Gasteiger partial charge in [0.2, 0.25) is 21.7 Å². The van der Waals surface area contributed by atoms with E-state index in [4.69, 9.17) is 8.94 Å². The number of hydrogen-bond acceptors (Lipinski definition) is 6. The molecule has 1 saturated heterocycles. The molecule has 2 aromatic heterocycles. The highest BCUT2D eigenvalue weighted by molar-refractivity contribution is 7.89. The van der Waals surface area contributed by atoms with Crippen LogP contribution in [0.25, 0.3) is 11.6 Å². The maximum Gasteiger partial charge on any atom is 0.243 e. The van der Waals surface area contributed by atoms with Gasteiger partial charge in [-0.25, -0.2) is 8.42 Å². The van der Waals surface area contributed by atoms with Crippen molar-refractivity contribution in [2.45, 2.75) is 56.8 Å². The molecular formula is C22H27N3O4S. The maximum absolute atomic E-state index is 13.0. The molecule has 1 aliphatic rings. The van der Waals surface area contributed by atoms with Crippen LogP contribution in [0.4, 0.5) is 0 Å². The third-order valence-electron chi connectivity index (χ3n) is 5.56. The van der Waals surface area contributed by atoms with E-state index in [-0.39, 0.29) is 11.3 Å². The van der Waals surface area contributed by atoms with Crippen molar-refractivity contribution in [3.8, 4) is 11.6 Å². The Hall–Kier alpha value is -2.45. The molecule has 0 N–H and O–H groups in total. The molecule has 1 aromatic carbocycles. The van der Waals surface area contributed by atoms with Crippen molar-refractivity contribution in [1.82, 2.24) is 14.4 Å². The number of aryl methyl sites for hydroxylation is 1. The lowest BCUT2D eigenvalue weighted by Gasteiger charge is -2.29. The Morgan fingerprint density at radius 2 is 1.70 bits per heavy atom. The minimum Gasteiger partial charge on any atom is -0.458 e. The van der Waals surface area contributed by atoms with Crippen LogP contribution in [-0.4, -0.2) is 36.0 Å². The molecule has 1 fully saturated rings. The molecule has 7 nitrogen and oxygen atoms in total. The van der Waals surface area contributed by atoms with E-state index in [2.05, 4.69) is 30.9 Å². The maximum atomic E-state index is 13.0. The molecule has 1 aliphatic heterocycles. The predicted molar refractivity (Wildman–Crippen MR) is 113 cm³/mol. The van der Waals surface area contributed by atoms with Crippen LogP contribution in [0.1, 0.15) is 56.7 Å². The van der Waals surface area contributed by atoms with Gasteiger partial charge in [0.25, 0.3) is 0 Å². The first kappa shape index (κ1) is 20.8. The summed E-state index contributed by atoms with van der Waals surface area (Å²) in [6.07, 6.45) is 1.27. The van der Waals surface area contributed by atoms with Crippen LogP contribution < -0.4 is 0 Å². The number of benzene rings is 1. The van der Waals surface area contributed by atoms with Crippen molar-refractivity contribution in [2.75, 3.05) is 13.1 Å². The molecule has 0 bridgehead atoms. The third kappa shape index (κ3) is 4.06. The van der Waals surface area contributed by atoms with Crippen LogP contribution in [0, 0.1) is 6.92 Å². The molecule has 3 heterocycles. The molecule has 8 heteroatoms. The largest absolute Gasteiger partial charge is 0.458 e. The molecule has 0 unspecified atom stereocenters. The van der Waals surface area contributed by atoms with Crippen LogP contribution >= 0.6 is 0 Å². The lowest BCUT2D eigenvalue weighted by Crippen LogP contribution is -2.38. The number of rotatable bonds is 4. The van der Waals surface area contributed by atoms with Crippen LogP contribution in [0.2, 0.25) is 0 Å². The Balaban J connectivity index is 1.43. The Labute approximate surface area is 177 Å². The van der Waals surface area contributed by atoms with Crippen molar-refractivity contribution in [2.24, 2.45) is 0 Å². The van der Waals surface area contributed by atoms with Crippen LogP contribution in [0.3, 0.4) is 0 Å². The van der Waals surface area contributed by atoms with Gasteiger partial charge in [-0.1, -0.05) is 38.1 Å². The second kappa shape index (κ2) is 7.67. The average Bonchev–Trinajstić information content (AvgIpc) is 3.37. The monoisotopic (exact) mass is 429 g/mol. The molecule has 160 valence electrons. The van der Waals surface area contributed by atoms with Gasteiger partial charge in [-0.3, -0.25) is 0 Å². The summed E-state index contributed by atoms with van der Waals surface area (Å²) in [5.41, 5.74) is 1.09. The topological polar surface area (TPSA) is 89.4 Å². The fourth-order valence-electron chi connectivity index (χ4n) is 3.67. The zero-order valence-electron chi connectivity index (χ0n) is 17.8. The van der Waals surface area contributed by atoms with Crippen molar-refractivity contribution in [3.05, 3.63) is 53.6 Å². The highest BCUT2D eigenvalue weighted by Crippen LogP contribution is 2.32. The molecular weight excluding hydrogens is 402 g/mol. The first-order valence-electron chi connectivity index (χ1n) is 10.2. The Morgan fingerprint density at radius 3 is 2.27 bits per heavy atom. The van der Waals surface area contributed by atoms with Gasteiger partial charge in [0, 0.05) is 19.0 Å². The van der Waals surface area contributed by atoms with E-state index in [0.717, 1.165) is 11.3 Å². The van der Waals surface area contributed by atoms with Crippen molar-refractivity contribution < 1.29 is 17.4 Å². The summed E-state index contributed by atoms with van der Waals surface area (Å²) >= 11 is 0. The third-order valence-corrected chi connectivity index (χ3v) is 7.48. The Bertz CT molecular complexity index is 1120. The summed E-state index contributed by atoms with van der Waals surface area (Å²) in [5.74, 6) is 2.35. The second-order valence-electron chi connectivity index (χ2n) is 8.82. The molecule has 0 radical (unpaired) electrons. The van der Waals surface area contributed by atoms with E-state index in [1.807, 2.05) is 31.2 Å². The van der Waals surface area contributed by atoms with Gasteiger partial charge in [0.1, 0.15) is 5.76 Å². The van der Waals surface area contributed by atoms with Crippen LogP contribution in [0.5, 0.6) is 0 Å². The number of furan rings is 1. The summed E-state index contributed by atoms with van der Waals surface area (Å²) in [7, 11) is -3.51. The predicted octanol–water partition coefficient (Wildman–Crippen LogP) is 4.50. The molecule has 0 aliphatic carbocycles. The van der Waals surface area contributed by atoms with Crippen LogP contribution in [-0.2, 0) is 15.4 Å². The molecule has 0 atom stereocenters. The molecule has 0 spiro atoms. The SMILES string of the molecule is Cc1ccc(-c2noc(C3CCN(S(=O)(=O)c4ccc(C(C)(C)C)cc4)CC3)n2)o1. The second-order valence-corrected chi connectivity index (χ2v) is 10.8. The van der Waals surface area contributed by atoms with Gasteiger partial charge in [-0.15, -0.1) is 0 Å². The van der Waals surface area contributed by atoms with Crippen molar-refractivity contribution >= 4 is 10.0 Å². The lowest BCUT2D eigenvalue weighted by molar-refractivity contribution is 0.270. The van der Waals surface area contributed by atoms with Crippen LogP contribution in [0.15, 0.2) is 50.2 Å². The number of piperidine rings is 1. The quantitative estimate of drug-likeness (QED) is 0.606. The first-order valence-corrected chi connectivity index (χ1v) is 11.6. The highest BCUT2D eigenvalue weighted by Gasteiger charge is 2.32. The van der Waals surface area contributed by atoms with Crippen molar-refractivity contribution in [1.29, 1.82) is 0 Å². The van der Waals surface area contributed by atoms with E-state index >= 15 is 0 Å². The standard InChI is InChI=1S/C22H27N3O4S/c1-15-5-10-19(28-15)20-23-21(29-24-20)16-11-13-25(14-12-16)30(26,27)18-8-6-17(7-9-18)22(2,3)4/h5-10,16H,11-14H2,1-4H3. The molecule has 0 saturated carbocycles. The number of nitrogens with zero attached hydrogens (tertiary/aromatic N) is 3. The number of aromatic nitrogens is 2. The summed E-state index contributed by atoms with van der Waals surface area (Å²) in [6.45, 7) is 9.03. The molecule has 4 rings (SSSR count). The number of hydrogen-bond donors (Lipinski definition) is 0. The van der Waals surface area contributed by atoms with Crippen molar-refractivity contribution in [3.63, 3.8) is 0 Å². The summed E-state index contributed by atoms with van der Waals surface area (Å²) in [5, 5.41) is 4.01. The minimum atomic E-state index is -3.51. The van der Waals surface area contributed by atoms with E-state index in [1.165, 1.54) is 0 Å². The zero-order chi connectivity index (χ0) is 21.5.